The second kappa shape index (κ2) is 6.68. The molecule has 3 nitrogen and oxygen atoms in total. The van der Waals surface area contributed by atoms with Crippen molar-refractivity contribution in [3.63, 3.8) is 0 Å². The van der Waals surface area contributed by atoms with E-state index < -0.39 is 0 Å². The predicted molar refractivity (Wildman–Crippen MR) is 80.3 cm³/mol. The van der Waals surface area contributed by atoms with Gasteiger partial charge in [0, 0.05) is 18.4 Å². The molecular weight excluding hydrogens is 304 g/mol. The van der Waals surface area contributed by atoms with Crippen molar-refractivity contribution in [3.8, 4) is 5.75 Å². The van der Waals surface area contributed by atoms with Gasteiger partial charge in [0.05, 0.1) is 11.6 Å². The fourth-order valence-electron chi connectivity index (χ4n) is 2.03. The summed E-state index contributed by atoms with van der Waals surface area (Å²) in [5, 5.41) is 0. The fourth-order valence-corrected chi connectivity index (χ4v) is 2.62. The summed E-state index contributed by atoms with van der Waals surface area (Å²) in [5.74, 6) is 0.839. The van der Waals surface area contributed by atoms with E-state index in [2.05, 4.69) is 33.0 Å². The molecule has 2 rings (SSSR count). The molecule has 1 heterocycles. The number of hydrogen-bond acceptors (Lipinski definition) is 3. The lowest BCUT2D eigenvalue weighted by atomic mass is 10.0. The highest BCUT2D eigenvalue weighted by Crippen LogP contribution is 2.26. The summed E-state index contributed by atoms with van der Waals surface area (Å²) >= 11 is 3.49. The van der Waals surface area contributed by atoms with E-state index >= 15 is 0 Å². The number of methoxy groups -OCH3 is 1. The molecule has 0 bridgehead atoms. The topological polar surface area (TPSA) is 48.1 Å². The molecule has 2 aromatic rings. The Hall–Kier alpha value is -1.39. The molecule has 4 heteroatoms. The van der Waals surface area contributed by atoms with Crippen LogP contribution in [0.3, 0.4) is 0 Å². The molecule has 0 aliphatic rings. The number of benzene rings is 1. The van der Waals surface area contributed by atoms with E-state index in [4.69, 9.17) is 10.5 Å². The summed E-state index contributed by atoms with van der Waals surface area (Å²) in [6, 6.07) is 10.2. The summed E-state index contributed by atoms with van der Waals surface area (Å²) in [4.78, 5) is 4.01. The van der Waals surface area contributed by atoms with Gasteiger partial charge in [-0.3, -0.25) is 4.98 Å². The molecule has 1 atom stereocenters. The zero-order valence-corrected chi connectivity index (χ0v) is 12.4. The number of nitrogens with two attached hydrogens (primary N) is 1. The summed E-state index contributed by atoms with van der Waals surface area (Å²) < 4.78 is 6.18. The van der Waals surface area contributed by atoms with Crippen LogP contribution in [0.5, 0.6) is 5.75 Å². The Morgan fingerprint density at radius 2 is 1.84 bits per heavy atom. The van der Waals surface area contributed by atoms with Crippen LogP contribution in [0, 0.1) is 0 Å². The van der Waals surface area contributed by atoms with Crippen LogP contribution in [0.15, 0.2) is 47.2 Å². The van der Waals surface area contributed by atoms with Crippen LogP contribution in [0.1, 0.15) is 11.1 Å². The van der Waals surface area contributed by atoms with Gasteiger partial charge in [-0.2, -0.15) is 0 Å². The molecule has 1 aromatic carbocycles. The molecule has 1 unspecified atom stereocenters. The van der Waals surface area contributed by atoms with Crippen LogP contribution >= 0.6 is 15.9 Å². The second-order valence-corrected chi connectivity index (χ2v) is 5.35. The maximum absolute atomic E-state index is 6.19. The summed E-state index contributed by atoms with van der Waals surface area (Å²) in [7, 11) is 1.66. The van der Waals surface area contributed by atoms with Gasteiger partial charge in [0.2, 0.25) is 0 Å². The Morgan fingerprint density at radius 1 is 1.16 bits per heavy atom. The number of aromatic nitrogens is 1. The van der Waals surface area contributed by atoms with Crippen LogP contribution in [0.25, 0.3) is 0 Å². The number of ether oxygens (including phenoxy) is 1. The smallest absolute Gasteiger partial charge is 0.133 e. The van der Waals surface area contributed by atoms with Crippen LogP contribution in [-0.4, -0.2) is 18.1 Å². The highest BCUT2D eigenvalue weighted by molar-refractivity contribution is 9.10. The maximum atomic E-state index is 6.19. The minimum Gasteiger partial charge on any atom is -0.496 e. The Morgan fingerprint density at radius 3 is 2.47 bits per heavy atom. The molecule has 1 aromatic heterocycles. The predicted octanol–water partition coefficient (Wildman–Crippen LogP) is 2.97. The third-order valence-corrected chi connectivity index (χ3v) is 3.58. The van der Waals surface area contributed by atoms with Gasteiger partial charge in [0.1, 0.15) is 5.75 Å². The molecule has 0 amide bonds. The van der Waals surface area contributed by atoms with Crippen molar-refractivity contribution in [1.82, 2.24) is 4.98 Å². The number of hydrogen-bond donors (Lipinski definition) is 1. The molecule has 0 saturated carbocycles. The van der Waals surface area contributed by atoms with Gasteiger partial charge < -0.3 is 10.5 Å². The van der Waals surface area contributed by atoms with E-state index in [9.17, 15) is 0 Å². The van der Waals surface area contributed by atoms with Crippen molar-refractivity contribution in [2.45, 2.75) is 18.9 Å². The summed E-state index contributed by atoms with van der Waals surface area (Å²) in [6.45, 7) is 0. The van der Waals surface area contributed by atoms with Gasteiger partial charge in [-0.25, -0.2) is 0 Å². The molecule has 0 aliphatic carbocycles. The van der Waals surface area contributed by atoms with E-state index in [1.807, 2.05) is 18.2 Å². The summed E-state index contributed by atoms with van der Waals surface area (Å²) in [5.41, 5.74) is 8.61. The first-order valence-corrected chi connectivity index (χ1v) is 6.95. The van der Waals surface area contributed by atoms with E-state index in [1.54, 1.807) is 19.5 Å². The molecular formula is C15H17BrN2O. The van der Waals surface area contributed by atoms with Crippen molar-refractivity contribution in [3.05, 3.63) is 58.3 Å². The monoisotopic (exact) mass is 320 g/mol. The Kier molecular flexibility index (Phi) is 4.93. The number of halogens is 1. The Balaban J connectivity index is 1.99. The van der Waals surface area contributed by atoms with E-state index in [0.717, 1.165) is 23.1 Å². The van der Waals surface area contributed by atoms with Crippen molar-refractivity contribution >= 4 is 15.9 Å². The molecule has 100 valence electrons. The average molecular weight is 321 g/mol. The maximum Gasteiger partial charge on any atom is 0.133 e. The van der Waals surface area contributed by atoms with Crippen LogP contribution in [-0.2, 0) is 12.8 Å². The van der Waals surface area contributed by atoms with E-state index in [1.165, 1.54) is 11.1 Å². The first-order chi connectivity index (χ1) is 9.19. The van der Waals surface area contributed by atoms with Gasteiger partial charge in [0.15, 0.2) is 0 Å². The van der Waals surface area contributed by atoms with Crippen molar-refractivity contribution in [2.75, 3.05) is 7.11 Å². The first-order valence-electron chi connectivity index (χ1n) is 6.16. The van der Waals surface area contributed by atoms with Gasteiger partial charge in [-0.15, -0.1) is 0 Å². The zero-order valence-electron chi connectivity index (χ0n) is 10.8. The molecule has 0 fully saturated rings. The Labute approximate surface area is 121 Å². The highest BCUT2D eigenvalue weighted by atomic mass is 79.9. The molecule has 0 radical (unpaired) electrons. The first kappa shape index (κ1) is 14.0. The second-order valence-electron chi connectivity index (χ2n) is 4.49. The van der Waals surface area contributed by atoms with Crippen LogP contribution < -0.4 is 10.5 Å². The lowest BCUT2D eigenvalue weighted by Gasteiger charge is -2.13. The Bertz CT molecular complexity index is 531. The van der Waals surface area contributed by atoms with E-state index in [-0.39, 0.29) is 6.04 Å². The molecule has 0 saturated heterocycles. The van der Waals surface area contributed by atoms with Crippen molar-refractivity contribution < 1.29 is 4.74 Å². The normalized spacial score (nSPS) is 12.2. The molecule has 19 heavy (non-hydrogen) atoms. The third-order valence-electron chi connectivity index (χ3n) is 2.96. The fraction of sp³-hybridized carbons (Fsp3) is 0.267. The SMILES string of the molecule is COc1ccc(CC(N)Cc2ccncc2)cc1Br. The van der Waals surface area contributed by atoms with Gasteiger partial charge in [-0.05, 0) is 64.2 Å². The van der Waals surface area contributed by atoms with Crippen LogP contribution in [0.4, 0.5) is 0 Å². The molecule has 0 aliphatic heterocycles. The average Bonchev–Trinajstić information content (AvgIpc) is 2.40. The van der Waals surface area contributed by atoms with Crippen LogP contribution in [0.2, 0.25) is 0 Å². The summed E-state index contributed by atoms with van der Waals surface area (Å²) in [6.07, 6.45) is 5.29. The number of rotatable bonds is 5. The number of pyridine rings is 1. The van der Waals surface area contributed by atoms with E-state index in [0.29, 0.717) is 0 Å². The zero-order chi connectivity index (χ0) is 13.7. The molecule has 0 spiro atoms. The highest BCUT2D eigenvalue weighted by Gasteiger charge is 2.07. The van der Waals surface area contributed by atoms with Crippen molar-refractivity contribution in [2.24, 2.45) is 5.73 Å². The largest absolute Gasteiger partial charge is 0.496 e. The van der Waals surface area contributed by atoms with Crippen molar-refractivity contribution in [1.29, 1.82) is 0 Å². The minimum absolute atomic E-state index is 0.0997. The molecule has 2 N–H and O–H groups in total. The lowest BCUT2D eigenvalue weighted by Crippen LogP contribution is -2.25. The van der Waals surface area contributed by atoms with Gasteiger partial charge >= 0.3 is 0 Å². The lowest BCUT2D eigenvalue weighted by molar-refractivity contribution is 0.412. The number of nitrogens with zero attached hydrogens (tertiary/aromatic N) is 1. The standard InChI is InChI=1S/C15H17BrN2O/c1-19-15-3-2-12(10-14(15)16)9-13(17)8-11-4-6-18-7-5-11/h2-7,10,13H,8-9,17H2,1H3. The van der Waals surface area contributed by atoms with Gasteiger partial charge in [0.25, 0.3) is 0 Å². The minimum atomic E-state index is 0.0997. The van der Waals surface area contributed by atoms with Gasteiger partial charge in [-0.1, -0.05) is 6.07 Å². The third kappa shape index (κ3) is 4.04. The quantitative estimate of drug-likeness (QED) is 0.921.